The lowest BCUT2D eigenvalue weighted by molar-refractivity contribution is -0.191. The normalized spacial score (nSPS) is 27.9. The van der Waals surface area contributed by atoms with E-state index in [0.717, 1.165) is 5.56 Å². The van der Waals surface area contributed by atoms with E-state index in [0.29, 0.717) is 12.8 Å². The topological polar surface area (TPSA) is 144 Å². The first kappa shape index (κ1) is 31.4. The third kappa shape index (κ3) is 8.95. The fraction of sp³-hybridized carbons (Fsp3) is 0.586. The van der Waals surface area contributed by atoms with E-state index >= 15 is 0 Å². The number of carbonyl (C=O) groups excluding carboxylic acids is 4. The van der Waals surface area contributed by atoms with Crippen LogP contribution in [0.2, 0.25) is 0 Å². The van der Waals surface area contributed by atoms with E-state index in [1.807, 2.05) is 30.3 Å². The molecule has 1 aromatic carbocycles. The number of hydrogen-bond donors (Lipinski definition) is 1. The summed E-state index contributed by atoms with van der Waals surface area (Å²) in [7, 11) is 0. The second-order valence-electron chi connectivity index (χ2n) is 9.94. The average Bonchev–Trinajstić information content (AvgIpc) is 3.20. The zero-order valence-corrected chi connectivity index (χ0v) is 23.1. The maximum Gasteiger partial charge on any atom is 0.303 e. The maximum atomic E-state index is 12.9. The van der Waals surface area contributed by atoms with Crippen LogP contribution in [0.25, 0.3) is 0 Å². The first-order valence-electron chi connectivity index (χ1n) is 13.3. The quantitative estimate of drug-likeness (QED) is 0.215. The molecule has 1 N–H and O–H groups in total. The van der Waals surface area contributed by atoms with Gasteiger partial charge in [-0.25, -0.2) is 0 Å². The molecule has 2 aliphatic rings. The van der Waals surface area contributed by atoms with Crippen LogP contribution >= 0.6 is 0 Å². The van der Waals surface area contributed by atoms with Crippen molar-refractivity contribution in [2.45, 2.75) is 102 Å². The molecule has 0 amide bonds. The van der Waals surface area contributed by atoms with Crippen molar-refractivity contribution >= 4 is 23.7 Å². The van der Waals surface area contributed by atoms with Crippen LogP contribution < -0.4 is 0 Å². The highest BCUT2D eigenvalue weighted by atomic mass is 16.6. The van der Waals surface area contributed by atoms with Crippen LogP contribution in [0.1, 0.15) is 52.0 Å². The van der Waals surface area contributed by atoms with Gasteiger partial charge in [0.25, 0.3) is 0 Å². The molecule has 0 spiro atoms. The molecule has 11 heteroatoms. The Morgan fingerprint density at radius 1 is 1.07 bits per heavy atom. The van der Waals surface area contributed by atoms with E-state index in [1.165, 1.54) is 20.8 Å². The second-order valence-corrected chi connectivity index (χ2v) is 9.94. The van der Waals surface area contributed by atoms with Crippen molar-refractivity contribution in [1.29, 1.82) is 0 Å². The van der Waals surface area contributed by atoms with Crippen LogP contribution in [0.5, 0.6) is 0 Å². The lowest BCUT2D eigenvalue weighted by Gasteiger charge is -2.36. The van der Waals surface area contributed by atoms with Crippen molar-refractivity contribution in [2.75, 3.05) is 6.61 Å². The molecular weight excluding hydrogens is 524 g/mol. The maximum absolute atomic E-state index is 12.9. The second kappa shape index (κ2) is 15.0. The SMILES string of the molecule is C=CCC1CCC(=O)[C@@H]([C@H](OC(C)=O)[C@H]2O[C@H](CC(COC(C)=O)OC(C)=O)[C@@H](OCc3ccccc3)C2O)O1. The van der Waals surface area contributed by atoms with Crippen LogP contribution in [0.15, 0.2) is 43.0 Å². The molecule has 2 aliphatic heterocycles. The molecule has 0 aliphatic carbocycles. The number of hydrogen-bond acceptors (Lipinski definition) is 11. The van der Waals surface area contributed by atoms with Gasteiger partial charge in [-0.15, -0.1) is 6.58 Å². The minimum absolute atomic E-state index is 0.00870. The number of Topliss-reactive ketones (excluding diaryl/α,β-unsaturated/α-hetero) is 1. The molecule has 2 fully saturated rings. The first-order valence-corrected chi connectivity index (χ1v) is 13.3. The van der Waals surface area contributed by atoms with Gasteiger partial charge in [-0.05, 0) is 18.4 Å². The van der Waals surface area contributed by atoms with E-state index in [2.05, 4.69) is 6.58 Å². The van der Waals surface area contributed by atoms with E-state index in [9.17, 15) is 24.3 Å². The van der Waals surface area contributed by atoms with Crippen LogP contribution in [0.3, 0.4) is 0 Å². The van der Waals surface area contributed by atoms with Gasteiger partial charge in [0.2, 0.25) is 0 Å². The standard InChI is InChI=1S/C29H38O11/c1-5-9-21-12-13-23(33)26(39-21)29(38-19(4)32)28-25(34)27(36-15-20-10-7-6-8-11-20)24(40-28)14-22(37-18(3)31)16-35-17(2)30/h5-8,10-11,21-22,24-29,34H,1,9,12-16H2,2-4H3/t21?,22?,24-,25?,26+,27-,28+,29+/m1/s1. The highest BCUT2D eigenvalue weighted by Crippen LogP contribution is 2.35. The molecule has 1 aromatic rings. The number of rotatable bonds is 13. The average molecular weight is 563 g/mol. The lowest BCUT2D eigenvalue weighted by atomic mass is 9.92. The van der Waals surface area contributed by atoms with Gasteiger partial charge in [-0.3, -0.25) is 19.2 Å². The van der Waals surface area contributed by atoms with E-state index in [4.69, 9.17) is 28.4 Å². The summed E-state index contributed by atoms with van der Waals surface area (Å²) < 4.78 is 34.3. The third-order valence-electron chi connectivity index (χ3n) is 6.68. The highest BCUT2D eigenvalue weighted by molar-refractivity contribution is 5.85. The number of aliphatic hydroxyl groups excluding tert-OH is 1. The number of ether oxygens (including phenoxy) is 6. The molecular formula is C29H38O11. The van der Waals surface area contributed by atoms with Gasteiger partial charge in [0.05, 0.1) is 18.8 Å². The van der Waals surface area contributed by atoms with Crippen LogP contribution in [-0.2, 0) is 54.2 Å². The Hall–Kier alpha value is -3.12. The Bertz CT molecular complexity index is 1030. The number of esters is 3. The minimum atomic E-state index is -1.35. The number of ketones is 1. The van der Waals surface area contributed by atoms with Gasteiger partial charge >= 0.3 is 17.9 Å². The Kier molecular flexibility index (Phi) is 11.8. The zero-order chi connectivity index (χ0) is 29.2. The zero-order valence-electron chi connectivity index (χ0n) is 23.1. The summed E-state index contributed by atoms with van der Waals surface area (Å²) in [4.78, 5) is 48.2. The van der Waals surface area contributed by atoms with Crippen molar-refractivity contribution in [3.63, 3.8) is 0 Å². The Morgan fingerprint density at radius 3 is 2.40 bits per heavy atom. The molecule has 2 saturated heterocycles. The number of benzene rings is 1. The predicted octanol–water partition coefficient (Wildman–Crippen LogP) is 2.21. The van der Waals surface area contributed by atoms with Gasteiger partial charge < -0.3 is 33.5 Å². The van der Waals surface area contributed by atoms with Crippen LogP contribution in [-0.4, -0.2) is 84.2 Å². The first-order chi connectivity index (χ1) is 19.1. The molecule has 0 aromatic heterocycles. The molecule has 0 radical (unpaired) electrons. The summed E-state index contributed by atoms with van der Waals surface area (Å²) in [5, 5.41) is 11.5. The molecule has 2 heterocycles. The molecule has 3 rings (SSSR count). The monoisotopic (exact) mass is 562 g/mol. The summed E-state index contributed by atoms with van der Waals surface area (Å²) in [6.07, 6.45) is -5.17. The van der Waals surface area contributed by atoms with Crippen molar-refractivity contribution in [2.24, 2.45) is 0 Å². The van der Waals surface area contributed by atoms with Gasteiger partial charge in [-0.1, -0.05) is 36.4 Å². The van der Waals surface area contributed by atoms with Crippen LogP contribution in [0.4, 0.5) is 0 Å². The lowest BCUT2D eigenvalue weighted by Crippen LogP contribution is -2.53. The van der Waals surface area contributed by atoms with Crippen molar-refractivity contribution in [3.8, 4) is 0 Å². The Labute approximate surface area is 233 Å². The number of aliphatic hydroxyl groups is 1. The van der Waals surface area contributed by atoms with Gasteiger partial charge in [0.15, 0.2) is 18.0 Å². The Morgan fingerprint density at radius 2 is 1.77 bits per heavy atom. The van der Waals surface area contributed by atoms with Gasteiger partial charge in [0, 0.05) is 33.6 Å². The highest BCUT2D eigenvalue weighted by Gasteiger charge is 2.53. The van der Waals surface area contributed by atoms with Crippen molar-refractivity contribution < 1.29 is 52.7 Å². The summed E-state index contributed by atoms with van der Waals surface area (Å²) in [6, 6.07) is 9.26. The minimum Gasteiger partial charge on any atom is -0.462 e. The van der Waals surface area contributed by atoms with E-state index < -0.39 is 60.6 Å². The van der Waals surface area contributed by atoms with Crippen molar-refractivity contribution in [1.82, 2.24) is 0 Å². The fourth-order valence-electron chi connectivity index (χ4n) is 4.96. The predicted molar refractivity (Wildman–Crippen MR) is 140 cm³/mol. The van der Waals surface area contributed by atoms with E-state index in [1.54, 1.807) is 6.08 Å². The molecule has 8 atom stereocenters. The summed E-state index contributed by atoms with van der Waals surface area (Å²) in [5.74, 6) is -2.11. The largest absolute Gasteiger partial charge is 0.462 e. The van der Waals surface area contributed by atoms with E-state index in [-0.39, 0.29) is 37.9 Å². The van der Waals surface area contributed by atoms with Crippen LogP contribution in [0, 0.1) is 0 Å². The third-order valence-corrected chi connectivity index (χ3v) is 6.68. The summed E-state index contributed by atoms with van der Waals surface area (Å²) in [5.41, 5.74) is 0.836. The molecule has 0 saturated carbocycles. The van der Waals surface area contributed by atoms with Gasteiger partial charge in [0.1, 0.15) is 31.0 Å². The molecule has 11 nitrogen and oxygen atoms in total. The smallest absolute Gasteiger partial charge is 0.303 e. The molecule has 0 bridgehead atoms. The summed E-state index contributed by atoms with van der Waals surface area (Å²) in [6.45, 7) is 7.25. The Balaban J connectivity index is 1.89. The van der Waals surface area contributed by atoms with Gasteiger partial charge in [-0.2, -0.15) is 0 Å². The summed E-state index contributed by atoms with van der Waals surface area (Å²) >= 11 is 0. The number of carbonyl (C=O) groups is 4. The molecule has 40 heavy (non-hydrogen) atoms. The molecule has 220 valence electrons. The van der Waals surface area contributed by atoms with Crippen molar-refractivity contribution in [3.05, 3.63) is 48.6 Å². The molecule has 3 unspecified atom stereocenters. The fourth-order valence-corrected chi connectivity index (χ4v) is 4.96.